The molecule has 1 saturated heterocycles. The number of nitrogens with one attached hydrogen (secondary N) is 1. The fraction of sp³-hybridized carbons (Fsp3) is 0.296. The van der Waals surface area contributed by atoms with Gasteiger partial charge in [-0.05, 0) is 69.2 Å². The van der Waals surface area contributed by atoms with E-state index in [0.29, 0.717) is 30.1 Å². The summed E-state index contributed by atoms with van der Waals surface area (Å²) in [6, 6.07) is 19.2. The lowest BCUT2D eigenvalue weighted by molar-refractivity contribution is 0.0698. The Hall–Kier alpha value is -3.65. The summed E-state index contributed by atoms with van der Waals surface area (Å²) in [7, 11) is 0. The van der Waals surface area contributed by atoms with Crippen LogP contribution in [-0.2, 0) is 0 Å². The first-order valence-corrected chi connectivity index (χ1v) is 12.7. The van der Waals surface area contributed by atoms with Gasteiger partial charge < -0.3 is 15.0 Å². The van der Waals surface area contributed by atoms with Crippen LogP contribution in [0.3, 0.4) is 0 Å². The van der Waals surface area contributed by atoms with E-state index < -0.39 is 0 Å². The molecule has 0 radical (unpaired) electrons. The van der Waals surface area contributed by atoms with Crippen molar-refractivity contribution in [1.82, 2.24) is 20.0 Å². The van der Waals surface area contributed by atoms with E-state index >= 15 is 0 Å². The second-order valence-corrected chi connectivity index (χ2v) is 9.69. The van der Waals surface area contributed by atoms with E-state index in [1.807, 2.05) is 72.0 Å². The number of fused-ring (bicyclic) bond motifs is 1. The van der Waals surface area contributed by atoms with Crippen LogP contribution in [0.15, 0.2) is 60.7 Å². The van der Waals surface area contributed by atoms with Gasteiger partial charge in [0.05, 0.1) is 22.9 Å². The van der Waals surface area contributed by atoms with Crippen molar-refractivity contribution >= 4 is 33.4 Å². The molecule has 1 N–H and O–H groups in total. The summed E-state index contributed by atoms with van der Waals surface area (Å²) in [5.74, 6) is 0.711. The van der Waals surface area contributed by atoms with Gasteiger partial charge in [-0.1, -0.05) is 18.2 Å². The van der Waals surface area contributed by atoms with E-state index in [9.17, 15) is 9.59 Å². The molecule has 2 aromatic heterocycles. The topological polar surface area (TPSA) is 76.5 Å². The molecule has 35 heavy (non-hydrogen) atoms. The Bertz CT molecular complexity index is 1340. The molecule has 7 nitrogen and oxygen atoms in total. The first-order chi connectivity index (χ1) is 17.0. The molecule has 1 aliphatic heterocycles. The third-order valence-electron chi connectivity index (χ3n) is 6.30. The fourth-order valence-corrected chi connectivity index (χ4v) is 5.52. The van der Waals surface area contributed by atoms with E-state index in [1.54, 1.807) is 12.1 Å². The first kappa shape index (κ1) is 23.1. The predicted molar refractivity (Wildman–Crippen MR) is 138 cm³/mol. The Balaban J connectivity index is 1.21. The molecule has 0 bridgehead atoms. The molecular weight excluding hydrogens is 460 g/mol. The van der Waals surface area contributed by atoms with Crippen molar-refractivity contribution < 1.29 is 14.3 Å². The van der Waals surface area contributed by atoms with Crippen LogP contribution < -0.4 is 10.1 Å². The predicted octanol–water partition coefficient (Wildman–Crippen LogP) is 4.83. The lowest BCUT2D eigenvalue weighted by atomic mass is 10.0. The van der Waals surface area contributed by atoms with Gasteiger partial charge >= 0.3 is 0 Å². The number of aromatic nitrogens is 2. The van der Waals surface area contributed by atoms with Crippen molar-refractivity contribution in [2.45, 2.75) is 32.7 Å². The Kier molecular flexibility index (Phi) is 6.55. The number of hydrogen-bond donors (Lipinski definition) is 1. The maximum Gasteiger partial charge on any atom is 0.261 e. The number of nitrogens with zero attached hydrogens (tertiary/aromatic N) is 3. The Labute approximate surface area is 208 Å². The van der Waals surface area contributed by atoms with Crippen molar-refractivity contribution in [2.75, 3.05) is 19.7 Å². The number of amides is 2. The molecule has 1 fully saturated rings. The Morgan fingerprint density at radius 3 is 2.49 bits per heavy atom. The van der Waals surface area contributed by atoms with Crippen LogP contribution in [-0.4, -0.2) is 52.2 Å². The summed E-state index contributed by atoms with van der Waals surface area (Å²) in [6.45, 7) is 5.73. The van der Waals surface area contributed by atoms with Gasteiger partial charge in [-0.2, -0.15) is 5.10 Å². The molecule has 2 aromatic carbocycles. The zero-order valence-corrected chi connectivity index (χ0v) is 20.7. The van der Waals surface area contributed by atoms with Gasteiger partial charge in [-0.25, -0.2) is 4.68 Å². The number of para-hydroxylation sites is 1. The summed E-state index contributed by atoms with van der Waals surface area (Å²) in [6.07, 6.45) is 1.46. The Morgan fingerprint density at radius 2 is 1.80 bits per heavy atom. The minimum absolute atomic E-state index is 0.0169. The largest absolute Gasteiger partial charge is 0.494 e. The van der Waals surface area contributed by atoms with E-state index in [2.05, 4.69) is 10.4 Å². The summed E-state index contributed by atoms with van der Waals surface area (Å²) < 4.78 is 7.35. The fourth-order valence-electron chi connectivity index (χ4n) is 4.43. The third-order valence-corrected chi connectivity index (χ3v) is 7.41. The van der Waals surface area contributed by atoms with E-state index in [0.717, 1.165) is 40.2 Å². The minimum Gasteiger partial charge on any atom is -0.494 e. The van der Waals surface area contributed by atoms with E-state index in [-0.39, 0.29) is 17.9 Å². The number of piperidine rings is 1. The second kappa shape index (κ2) is 9.92. The number of aryl methyl sites for hydroxylation is 1. The SMILES string of the molecule is CCOc1ccc(C(=O)N2CCC(NC(=O)c3cc4c(C)nn(-c5ccccc5)c4s3)CC2)cc1. The molecule has 0 unspecified atom stereocenters. The molecule has 1 aliphatic rings. The van der Waals surface area contributed by atoms with Crippen molar-refractivity contribution in [3.8, 4) is 11.4 Å². The zero-order valence-electron chi connectivity index (χ0n) is 19.9. The lowest BCUT2D eigenvalue weighted by Gasteiger charge is -2.32. The zero-order chi connectivity index (χ0) is 24.4. The van der Waals surface area contributed by atoms with Crippen LogP contribution in [0.5, 0.6) is 5.75 Å². The highest BCUT2D eigenvalue weighted by atomic mass is 32.1. The number of carbonyl (C=O) groups is 2. The first-order valence-electron chi connectivity index (χ1n) is 11.9. The average molecular weight is 489 g/mol. The molecule has 3 heterocycles. The standard InChI is InChI=1S/C27H28N4O3S/c1-3-34-22-11-9-19(10-12-22)26(33)30-15-13-20(14-16-30)28-25(32)24-17-23-18(2)29-31(27(23)35-24)21-7-5-4-6-8-21/h4-12,17,20H,3,13-16H2,1-2H3,(H,28,32). The summed E-state index contributed by atoms with van der Waals surface area (Å²) in [4.78, 5) is 29.4. The third kappa shape index (κ3) is 4.79. The van der Waals surface area contributed by atoms with Gasteiger partial charge in [0, 0.05) is 30.1 Å². The van der Waals surface area contributed by atoms with Crippen molar-refractivity contribution in [3.63, 3.8) is 0 Å². The van der Waals surface area contributed by atoms with Crippen molar-refractivity contribution in [2.24, 2.45) is 0 Å². The Morgan fingerprint density at radius 1 is 1.09 bits per heavy atom. The second-order valence-electron chi connectivity index (χ2n) is 8.66. The van der Waals surface area contributed by atoms with Crippen LogP contribution in [0, 0.1) is 6.92 Å². The number of rotatable bonds is 6. The monoisotopic (exact) mass is 488 g/mol. The highest BCUT2D eigenvalue weighted by molar-refractivity contribution is 7.20. The molecule has 8 heteroatoms. The molecule has 4 aromatic rings. The van der Waals surface area contributed by atoms with Crippen LogP contribution in [0.2, 0.25) is 0 Å². The van der Waals surface area contributed by atoms with Crippen molar-refractivity contribution in [1.29, 1.82) is 0 Å². The molecule has 0 aliphatic carbocycles. The molecular formula is C27H28N4O3S. The smallest absolute Gasteiger partial charge is 0.261 e. The maximum absolute atomic E-state index is 13.0. The summed E-state index contributed by atoms with van der Waals surface area (Å²) in [5, 5.41) is 8.82. The molecule has 5 rings (SSSR count). The van der Waals surface area contributed by atoms with Gasteiger partial charge in [-0.3, -0.25) is 9.59 Å². The van der Waals surface area contributed by atoms with Crippen LogP contribution in [0.4, 0.5) is 0 Å². The number of hydrogen-bond acceptors (Lipinski definition) is 5. The van der Waals surface area contributed by atoms with Crippen LogP contribution >= 0.6 is 11.3 Å². The van der Waals surface area contributed by atoms with E-state index in [1.165, 1.54) is 11.3 Å². The van der Waals surface area contributed by atoms with Gasteiger partial charge in [0.1, 0.15) is 10.6 Å². The molecule has 2 amide bonds. The molecule has 0 spiro atoms. The number of carbonyl (C=O) groups excluding carboxylic acids is 2. The normalized spacial score (nSPS) is 14.3. The number of thiophene rings is 1. The highest BCUT2D eigenvalue weighted by Gasteiger charge is 2.26. The average Bonchev–Trinajstić information content (AvgIpc) is 3.46. The molecule has 0 saturated carbocycles. The molecule has 0 atom stereocenters. The van der Waals surface area contributed by atoms with Gasteiger partial charge in [0.25, 0.3) is 11.8 Å². The minimum atomic E-state index is -0.0681. The van der Waals surface area contributed by atoms with E-state index in [4.69, 9.17) is 4.74 Å². The highest BCUT2D eigenvalue weighted by Crippen LogP contribution is 2.30. The van der Waals surface area contributed by atoms with Crippen LogP contribution in [0.1, 0.15) is 45.5 Å². The molecule has 180 valence electrons. The number of ether oxygens (including phenoxy) is 1. The number of likely N-dealkylation sites (tertiary alicyclic amines) is 1. The number of benzene rings is 2. The summed E-state index contributed by atoms with van der Waals surface area (Å²) in [5.41, 5.74) is 2.54. The maximum atomic E-state index is 13.0. The van der Waals surface area contributed by atoms with Crippen LogP contribution in [0.25, 0.3) is 15.9 Å². The van der Waals surface area contributed by atoms with Crippen molar-refractivity contribution in [3.05, 3.63) is 76.8 Å². The van der Waals surface area contributed by atoms with Gasteiger partial charge in [0.2, 0.25) is 0 Å². The quantitative estimate of drug-likeness (QED) is 0.422. The van der Waals surface area contributed by atoms with Gasteiger partial charge in [-0.15, -0.1) is 11.3 Å². The van der Waals surface area contributed by atoms with Gasteiger partial charge in [0.15, 0.2) is 0 Å². The summed E-state index contributed by atoms with van der Waals surface area (Å²) >= 11 is 1.46. The lowest BCUT2D eigenvalue weighted by Crippen LogP contribution is -2.46.